The zero-order valence-corrected chi connectivity index (χ0v) is 14.4. The predicted octanol–water partition coefficient (Wildman–Crippen LogP) is 3.94. The number of benzene rings is 2. The summed E-state index contributed by atoms with van der Waals surface area (Å²) < 4.78 is 40.1. The van der Waals surface area contributed by atoms with Gasteiger partial charge < -0.3 is 9.80 Å². The van der Waals surface area contributed by atoms with Gasteiger partial charge in [0.1, 0.15) is 5.82 Å². The van der Waals surface area contributed by atoms with Crippen LogP contribution >= 0.6 is 0 Å². The SMILES string of the molecule is CN1CCCN(c2nc(C(F)(F)F)nc3ccc4ccccc4c23)CC1. The molecule has 1 saturated heterocycles. The van der Waals surface area contributed by atoms with E-state index in [9.17, 15) is 13.2 Å². The van der Waals surface area contributed by atoms with Crippen LogP contribution in [0.15, 0.2) is 36.4 Å². The molecule has 0 radical (unpaired) electrons. The lowest BCUT2D eigenvalue weighted by molar-refractivity contribution is -0.144. The standard InChI is InChI=1S/C19H19F3N4/c1-25-9-4-10-26(12-11-25)17-16-14-6-3-2-5-13(14)7-8-15(16)23-18(24-17)19(20,21)22/h2-3,5-8H,4,9-12H2,1H3. The summed E-state index contributed by atoms with van der Waals surface area (Å²) in [5, 5.41) is 2.54. The molecule has 1 aromatic heterocycles. The second-order valence-electron chi connectivity index (χ2n) is 6.69. The fourth-order valence-electron chi connectivity index (χ4n) is 3.50. The first kappa shape index (κ1) is 17.0. The minimum absolute atomic E-state index is 0.332. The van der Waals surface area contributed by atoms with E-state index in [2.05, 4.69) is 14.9 Å². The molecular formula is C19H19F3N4. The number of rotatable bonds is 1. The zero-order chi connectivity index (χ0) is 18.3. The van der Waals surface area contributed by atoms with Crippen LogP contribution in [0.2, 0.25) is 0 Å². The smallest absolute Gasteiger partial charge is 0.355 e. The van der Waals surface area contributed by atoms with Gasteiger partial charge in [-0.05, 0) is 36.9 Å². The quantitative estimate of drug-likeness (QED) is 0.615. The maximum Gasteiger partial charge on any atom is 0.451 e. The maximum absolute atomic E-state index is 13.4. The Morgan fingerprint density at radius 1 is 0.923 bits per heavy atom. The normalized spacial score (nSPS) is 17.0. The topological polar surface area (TPSA) is 32.3 Å². The summed E-state index contributed by atoms with van der Waals surface area (Å²) in [6.07, 6.45) is -3.69. The highest BCUT2D eigenvalue weighted by Crippen LogP contribution is 2.35. The van der Waals surface area contributed by atoms with Crippen LogP contribution < -0.4 is 4.90 Å². The Kier molecular flexibility index (Phi) is 4.19. The lowest BCUT2D eigenvalue weighted by atomic mass is 10.0. The molecule has 3 aromatic rings. The molecule has 1 fully saturated rings. The molecular weight excluding hydrogens is 341 g/mol. The number of alkyl halides is 3. The number of aromatic nitrogens is 2. The molecule has 2 aromatic carbocycles. The van der Waals surface area contributed by atoms with Crippen molar-refractivity contribution in [3.05, 3.63) is 42.2 Å². The lowest BCUT2D eigenvalue weighted by Gasteiger charge is -2.24. The van der Waals surface area contributed by atoms with Crippen molar-refractivity contribution in [2.45, 2.75) is 12.6 Å². The van der Waals surface area contributed by atoms with E-state index in [1.54, 1.807) is 6.07 Å². The van der Waals surface area contributed by atoms with E-state index in [-0.39, 0.29) is 0 Å². The fraction of sp³-hybridized carbons (Fsp3) is 0.368. The molecule has 0 N–H and O–H groups in total. The van der Waals surface area contributed by atoms with Crippen LogP contribution in [0.4, 0.5) is 19.0 Å². The van der Waals surface area contributed by atoms with Crippen LogP contribution in [0.5, 0.6) is 0 Å². The second kappa shape index (κ2) is 6.39. The third kappa shape index (κ3) is 3.07. The van der Waals surface area contributed by atoms with Gasteiger partial charge in [0.2, 0.25) is 5.82 Å². The zero-order valence-electron chi connectivity index (χ0n) is 14.4. The van der Waals surface area contributed by atoms with E-state index in [0.717, 1.165) is 30.3 Å². The molecule has 4 rings (SSSR count). The molecule has 26 heavy (non-hydrogen) atoms. The first-order valence-corrected chi connectivity index (χ1v) is 8.64. The summed E-state index contributed by atoms with van der Waals surface area (Å²) >= 11 is 0. The second-order valence-corrected chi connectivity index (χ2v) is 6.69. The number of fused-ring (bicyclic) bond motifs is 3. The van der Waals surface area contributed by atoms with E-state index >= 15 is 0 Å². The first-order valence-electron chi connectivity index (χ1n) is 8.64. The fourth-order valence-corrected chi connectivity index (χ4v) is 3.50. The van der Waals surface area contributed by atoms with E-state index in [0.29, 0.717) is 29.8 Å². The highest BCUT2D eigenvalue weighted by atomic mass is 19.4. The highest BCUT2D eigenvalue weighted by molar-refractivity contribution is 6.11. The van der Waals surface area contributed by atoms with Crippen molar-refractivity contribution in [3.63, 3.8) is 0 Å². The molecule has 0 bridgehead atoms. The minimum atomic E-state index is -4.57. The summed E-state index contributed by atoms with van der Waals surface area (Å²) in [5.41, 5.74) is 0.332. The summed E-state index contributed by atoms with van der Waals surface area (Å²) in [6, 6.07) is 11.1. The molecule has 2 heterocycles. The molecule has 136 valence electrons. The Bertz CT molecular complexity index is 955. The van der Waals surface area contributed by atoms with Gasteiger partial charge in [0.05, 0.1) is 10.9 Å². The summed E-state index contributed by atoms with van der Waals surface area (Å²) in [7, 11) is 2.03. The molecule has 0 aliphatic carbocycles. The Hall–Kier alpha value is -2.41. The number of likely N-dealkylation sites (N-methyl/N-ethyl adjacent to an activating group) is 1. The summed E-state index contributed by atoms with van der Waals surface area (Å²) in [4.78, 5) is 12.0. The van der Waals surface area contributed by atoms with Crippen molar-refractivity contribution >= 4 is 27.5 Å². The van der Waals surface area contributed by atoms with Crippen LogP contribution in [0.1, 0.15) is 12.2 Å². The minimum Gasteiger partial charge on any atom is -0.355 e. The largest absolute Gasteiger partial charge is 0.451 e. The Labute approximate surface area is 149 Å². The van der Waals surface area contributed by atoms with Gasteiger partial charge >= 0.3 is 6.18 Å². The molecule has 1 aliphatic rings. The Morgan fingerprint density at radius 3 is 2.54 bits per heavy atom. The van der Waals surface area contributed by atoms with Crippen molar-refractivity contribution in [2.75, 3.05) is 38.1 Å². The van der Waals surface area contributed by atoms with E-state index in [4.69, 9.17) is 0 Å². The molecule has 0 amide bonds. The van der Waals surface area contributed by atoms with Crippen LogP contribution in [0.3, 0.4) is 0 Å². The monoisotopic (exact) mass is 360 g/mol. The van der Waals surface area contributed by atoms with Crippen LogP contribution in [0, 0.1) is 0 Å². The van der Waals surface area contributed by atoms with Crippen LogP contribution in [-0.2, 0) is 6.18 Å². The maximum atomic E-state index is 13.4. The predicted molar refractivity (Wildman–Crippen MR) is 96.4 cm³/mol. The molecule has 1 aliphatic heterocycles. The van der Waals surface area contributed by atoms with Crippen LogP contribution in [0.25, 0.3) is 21.7 Å². The van der Waals surface area contributed by atoms with Crippen molar-refractivity contribution in [3.8, 4) is 0 Å². The lowest BCUT2D eigenvalue weighted by Crippen LogP contribution is -2.30. The number of hydrogen-bond acceptors (Lipinski definition) is 4. The van der Waals surface area contributed by atoms with Crippen molar-refractivity contribution in [1.82, 2.24) is 14.9 Å². The summed E-state index contributed by atoms with van der Waals surface area (Å²) in [5.74, 6) is -0.692. The number of hydrogen-bond donors (Lipinski definition) is 0. The van der Waals surface area contributed by atoms with Crippen molar-refractivity contribution in [1.29, 1.82) is 0 Å². The van der Waals surface area contributed by atoms with Gasteiger partial charge in [-0.15, -0.1) is 0 Å². The van der Waals surface area contributed by atoms with Gasteiger partial charge in [-0.2, -0.15) is 13.2 Å². The highest BCUT2D eigenvalue weighted by Gasteiger charge is 2.36. The third-order valence-electron chi connectivity index (χ3n) is 4.84. The van der Waals surface area contributed by atoms with Crippen LogP contribution in [-0.4, -0.2) is 48.1 Å². The van der Waals surface area contributed by atoms with Gasteiger partial charge in [-0.3, -0.25) is 0 Å². The van der Waals surface area contributed by atoms with E-state index < -0.39 is 12.0 Å². The molecule has 4 nitrogen and oxygen atoms in total. The van der Waals surface area contributed by atoms with Crippen molar-refractivity contribution < 1.29 is 13.2 Å². The van der Waals surface area contributed by atoms with Gasteiger partial charge in [0, 0.05) is 19.6 Å². The van der Waals surface area contributed by atoms with Gasteiger partial charge in [-0.1, -0.05) is 30.3 Å². The van der Waals surface area contributed by atoms with Gasteiger partial charge in [0.15, 0.2) is 0 Å². The summed E-state index contributed by atoms with van der Waals surface area (Å²) in [6.45, 7) is 3.03. The Balaban J connectivity index is 1.99. The number of nitrogens with zero attached hydrogens (tertiary/aromatic N) is 4. The number of anilines is 1. The molecule has 7 heteroatoms. The average molecular weight is 360 g/mol. The molecule has 0 saturated carbocycles. The van der Waals surface area contributed by atoms with E-state index in [1.165, 1.54) is 0 Å². The molecule has 0 spiro atoms. The third-order valence-corrected chi connectivity index (χ3v) is 4.84. The van der Waals surface area contributed by atoms with Gasteiger partial charge in [-0.25, -0.2) is 9.97 Å². The van der Waals surface area contributed by atoms with Gasteiger partial charge in [0.25, 0.3) is 0 Å². The first-order chi connectivity index (χ1) is 12.4. The molecule has 0 unspecified atom stereocenters. The average Bonchev–Trinajstić information content (AvgIpc) is 2.84. The van der Waals surface area contributed by atoms with E-state index in [1.807, 2.05) is 42.3 Å². The Morgan fingerprint density at radius 2 is 1.73 bits per heavy atom. The number of halogens is 3. The van der Waals surface area contributed by atoms with Crippen molar-refractivity contribution in [2.24, 2.45) is 0 Å². The molecule has 0 atom stereocenters.